The number of hydrogen-bond donors (Lipinski definition) is 2. The van der Waals surface area contributed by atoms with Crippen LogP contribution in [0, 0.1) is 5.92 Å². The molecule has 1 amide bonds. The van der Waals surface area contributed by atoms with Crippen LogP contribution in [0.5, 0.6) is 5.75 Å². The highest BCUT2D eigenvalue weighted by Crippen LogP contribution is 2.44. The number of amides is 1. The highest BCUT2D eigenvalue weighted by molar-refractivity contribution is 7.91. The number of rotatable bonds is 15. The number of aliphatic hydroxyl groups excluding tert-OH is 1. The normalized spacial score (nSPS) is 19.7. The monoisotopic (exact) mass is 659 g/mol. The van der Waals surface area contributed by atoms with E-state index in [0.717, 1.165) is 25.7 Å². The Bertz CT molecular complexity index is 1690. The molecular formula is C35H41N5O6S. The number of carbonyl (C=O) groups is 1. The van der Waals surface area contributed by atoms with E-state index in [-0.39, 0.29) is 36.1 Å². The Labute approximate surface area is 275 Å². The van der Waals surface area contributed by atoms with Gasteiger partial charge in [0.1, 0.15) is 5.75 Å². The molecule has 5 rings (SSSR count). The molecule has 0 aromatic heterocycles. The predicted octanol–water partition coefficient (Wildman–Crippen LogP) is 6.08. The number of aliphatic hydroxyl groups is 1. The summed E-state index contributed by atoms with van der Waals surface area (Å²) in [5.74, 6) is 0.371. The van der Waals surface area contributed by atoms with Crippen LogP contribution in [0.15, 0.2) is 93.9 Å². The van der Waals surface area contributed by atoms with Crippen LogP contribution in [0.4, 0.5) is 0 Å². The van der Waals surface area contributed by atoms with Gasteiger partial charge in [-0.3, -0.25) is 4.79 Å². The summed E-state index contributed by atoms with van der Waals surface area (Å²) in [6.45, 7) is 0.862. The van der Waals surface area contributed by atoms with Gasteiger partial charge in [-0.15, -0.1) is 0 Å². The molecule has 11 nitrogen and oxygen atoms in total. The summed E-state index contributed by atoms with van der Waals surface area (Å²) in [6, 6.07) is 22.4. The molecule has 47 heavy (non-hydrogen) atoms. The van der Waals surface area contributed by atoms with Crippen LogP contribution in [0.2, 0.25) is 0 Å². The second-order valence-electron chi connectivity index (χ2n) is 12.0. The summed E-state index contributed by atoms with van der Waals surface area (Å²) >= 11 is 0. The maximum Gasteiger partial charge on any atom is 0.252 e. The molecule has 2 atom stereocenters. The summed E-state index contributed by atoms with van der Waals surface area (Å²) < 4.78 is 39.5. The Morgan fingerprint density at radius 2 is 1.77 bits per heavy atom. The Kier molecular flexibility index (Phi) is 11.5. The number of benzene rings is 3. The van der Waals surface area contributed by atoms with E-state index in [1.165, 1.54) is 6.42 Å². The predicted molar refractivity (Wildman–Crippen MR) is 179 cm³/mol. The lowest BCUT2D eigenvalue weighted by atomic mass is 9.82. The first-order valence-corrected chi connectivity index (χ1v) is 17.8. The minimum absolute atomic E-state index is 0.0177. The molecule has 0 spiro atoms. The molecule has 1 heterocycles. The molecule has 0 saturated heterocycles. The molecule has 3 aromatic rings. The highest BCUT2D eigenvalue weighted by atomic mass is 32.2. The molecule has 1 saturated carbocycles. The van der Waals surface area contributed by atoms with E-state index in [1.807, 2.05) is 6.07 Å². The molecule has 1 aliphatic carbocycles. The van der Waals surface area contributed by atoms with E-state index >= 15 is 0 Å². The second-order valence-corrected chi connectivity index (χ2v) is 14.1. The summed E-state index contributed by atoms with van der Waals surface area (Å²) in [6.07, 6.45) is 4.80. The molecule has 12 heteroatoms. The van der Waals surface area contributed by atoms with E-state index in [9.17, 15) is 13.2 Å². The van der Waals surface area contributed by atoms with Gasteiger partial charge in [0.05, 0.1) is 23.8 Å². The molecule has 0 unspecified atom stereocenters. The zero-order valence-corrected chi connectivity index (χ0v) is 27.1. The molecular weight excluding hydrogens is 618 g/mol. The van der Waals surface area contributed by atoms with Gasteiger partial charge < -0.3 is 19.9 Å². The maximum absolute atomic E-state index is 14.5. The van der Waals surface area contributed by atoms with Gasteiger partial charge in [-0.1, -0.05) is 66.8 Å². The van der Waals surface area contributed by atoms with Crippen molar-refractivity contribution in [2.75, 3.05) is 25.5 Å². The van der Waals surface area contributed by atoms with Crippen molar-refractivity contribution in [1.29, 1.82) is 0 Å². The van der Waals surface area contributed by atoms with E-state index in [1.54, 1.807) is 72.8 Å². The van der Waals surface area contributed by atoms with Gasteiger partial charge in [0.25, 0.3) is 5.91 Å². The SMILES string of the molecule is [N-]=[N+]=NCc1ccccc1[C@H]1OC(c2ccc(OCCCO)cc2)=N[C@@]1(CCS(=O)(=O)c1ccccc1)C(=O)NCC1CCCCC1. The number of nitrogens with zero attached hydrogens (tertiary/aromatic N) is 4. The van der Waals surface area contributed by atoms with Crippen molar-refractivity contribution in [2.45, 2.75) is 68.0 Å². The second kappa shape index (κ2) is 15.9. The van der Waals surface area contributed by atoms with E-state index < -0.39 is 27.4 Å². The molecule has 3 aromatic carbocycles. The number of ether oxygens (including phenoxy) is 2. The Morgan fingerprint density at radius 1 is 1.04 bits per heavy atom. The highest BCUT2D eigenvalue weighted by Gasteiger charge is 2.54. The maximum atomic E-state index is 14.5. The molecule has 248 valence electrons. The van der Waals surface area contributed by atoms with Crippen LogP contribution in [0.3, 0.4) is 0 Å². The first kappa shape index (κ1) is 34.0. The number of aliphatic imine (C=N–C) groups is 1. The number of azide groups is 1. The summed E-state index contributed by atoms with van der Waals surface area (Å²) in [7, 11) is -3.79. The molecule has 2 N–H and O–H groups in total. The fraction of sp³-hybridized carbons (Fsp3) is 0.429. The van der Waals surface area contributed by atoms with Crippen LogP contribution >= 0.6 is 0 Å². The van der Waals surface area contributed by atoms with E-state index in [4.69, 9.17) is 25.1 Å². The first-order valence-electron chi connectivity index (χ1n) is 16.1. The van der Waals surface area contributed by atoms with Crippen molar-refractivity contribution in [2.24, 2.45) is 16.0 Å². The Hall–Kier alpha value is -4.38. The van der Waals surface area contributed by atoms with Gasteiger partial charge >= 0.3 is 0 Å². The fourth-order valence-electron chi connectivity index (χ4n) is 6.21. The van der Waals surface area contributed by atoms with Crippen LogP contribution in [-0.2, 0) is 25.9 Å². The van der Waals surface area contributed by atoms with Crippen molar-refractivity contribution in [3.05, 3.63) is 106 Å². The summed E-state index contributed by atoms with van der Waals surface area (Å²) in [5.41, 5.74) is 9.26. The smallest absolute Gasteiger partial charge is 0.252 e. The third-order valence-corrected chi connectivity index (χ3v) is 10.5. The van der Waals surface area contributed by atoms with E-state index in [2.05, 4.69) is 15.3 Å². The van der Waals surface area contributed by atoms with Gasteiger partial charge in [-0.25, -0.2) is 13.4 Å². The molecule has 1 fully saturated rings. The van der Waals surface area contributed by atoms with Crippen LogP contribution in [0.1, 0.15) is 67.7 Å². The molecule has 0 bridgehead atoms. The zero-order chi connectivity index (χ0) is 33.1. The number of carbonyl (C=O) groups excluding carboxylic acids is 1. The molecule has 2 aliphatic rings. The number of nitrogens with one attached hydrogen (secondary N) is 1. The summed E-state index contributed by atoms with van der Waals surface area (Å²) in [5, 5.41) is 16.0. The topological polar surface area (TPSA) is 163 Å². The number of sulfone groups is 1. The minimum atomic E-state index is -3.79. The van der Waals surface area contributed by atoms with Crippen LogP contribution < -0.4 is 10.1 Å². The van der Waals surface area contributed by atoms with Gasteiger partial charge in [-0.05, 0) is 71.8 Å². The van der Waals surface area contributed by atoms with Crippen molar-refractivity contribution in [1.82, 2.24) is 5.32 Å². The number of hydrogen-bond acceptors (Lipinski definition) is 8. The van der Waals surface area contributed by atoms with Gasteiger partial charge in [0, 0.05) is 36.5 Å². The largest absolute Gasteiger partial charge is 0.494 e. The standard InChI is InChI=1S/C35H41N5O6S/c36-40-38-25-28-12-7-8-15-31(28)32-35(34(42)37-24-26-10-3-1-4-11-26,20-23-47(43,44)30-13-5-2-6-14-30)39-33(46-32)27-16-18-29(19-17-27)45-22-9-21-41/h2,5-8,12-19,26,32,41H,1,3-4,9-11,20-25H2,(H,37,42)/t32-,35-/m1/s1. The van der Waals surface area contributed by atoms with E-state index in [0.29, 0.717) is 47.9 Å². The van der Waals surface area contributed by atoms with Gasteiger partial charge in [0.2, 0.25) is 5.90 Å². The molecule has 1 aliphatic heterocycles. The Morgan fingerprint density at radius 3 is 2.49 bits per heavy atom. The Balaban J connectivity index is 1.57. The fourth-order valence-corrected chi connectivity index (χ4v) is 7.59. The van der Waals surface area contributed by atoms with Gasteiger partial charge in [-0.2, -0.15) is 0 Å². The average Bonchev–Trinajstić information content (AvgIpc) is 3.51. The quantitative estimate of drug-likeness (QED) is 0.0870. The minimum Gasteiger partial charge on any atom is -0.494 e. The lowest BCUT2D eigenvalue weighted by molar-refractivity contribution is -0.129. The van der Waals surface area contributed by atoms with Crippen LogP contribution in [-0.4, -0.2) is 56.4 Å². The zero-order valence-electron chi connectivity index (χ0n) is 26.3. The van der Waals surface area contributed by atoms with Crippen LogP contribution in [0.25, 0.3) is 10.4 Å². The third-order valence-electron chi connectivity index (χ3n) is 8.80. The van der Waals surface area contributed by atoms with Crippen molar-refractivity contribution < 1.29 is 27.8 Å². The van der Waals surface area contributed by atoms with Crippen molar-refractivity contribution >= 4 is 21.6 Å². The lowest BCUT2D eigenvalue weighted by Crippen LogP contribution is -2.50. The third kappa shape index (κ3) is 8.32. The average molecular weight is 660 g/mol. The van der Waals surface area contributed by atoms with Crippen molar-refractivity contribution in [3.8, 4) is 5.75 Å². The van der Waals surface area contributed by atoms with Crippen molar-refractivity contribution in [3.63, 3.8) is 0 Å². The van der Waals surface area contributed by atoms with Gasteiger partial charge in [0.15, 0.2) is 21.5 Å². The molecule has 0 radical (unpaired) electrons. The first-order chi connectivity index (χ1) is 22.9. The lowest BCUT2D eigenvalue weighted by Gasteiger charge is -2.32. The summed E-state index contributed by atoms with van der Waals surface area (Å²) in [4.78, 5) is 22.6.